The topological polar surface area (TPSA) is 76.7 Å². The Balaban J connectivity index is 1.47. The number of carbonyl (C=O) groups excluding carboxylic acids is 2. The van der Waals surface area contributed by atoms with Crippen LogP contribution in [0.5, 0.6) is 5.75 Å². The van der Waals surface area contributed by atoms with Gasteiger partial charge >= 0.3 is 0 Å². The standard InChI is InChI=1S/C28H35N3O4/c1-4-14-34-21-11-9-20(10-12-21)17-31-26(32)24-16-25-23(13-15-35-25)30(24)18-28(31,3)27(33)29-22-8-6-5-7-19(22)2/h9-13,15-16,19,22H,4-8,14,17-18H2,1-3H3,(H,29,33)/t19-,22-,28-/m1/s1. The van der Waals surface area contributed by atoms with E-state index >= 15 is 0 Å². The van der Waals surface area contributed by atoms with Crippen molar-refractivity contribution in [1.82, 2.24) is 14.8 Å². The van der Waals surface area contributed by atoms with Crippen molar-refractivity contribution in [2.75, 3.05) is 6.61 Å². The number of nitrogens with zero attached hydrogens (tertiary/aromatic N) is 2. The number of furan rings is 1. The molecule has 0 spiro atoms. The van der Waals surface area contributed by atoms with Crippen LogP contribution in [0, 0.1) is 5.92 Å². The van der Waals surface area contributed by atoms with Crippen LogP contribution < -0.4 is 10.1 Å². The van der Waals surface area contributed by atoms with Crippen molar-refractivity contribution in [1.29, 1.82) is 0 Å². The van der Waals surface area contributed by atoms with E-state index in [1.165, 1.54) is 6.42 Å². The molecule has 186 valence electrons. The molecule has 1 aromatic carbocycles. The van der Waals surface area contributed by atoms with Crippen LogP contribution in [-0.4, -0.2) is 39.5 Å². The first-order chi connectivity index (χ1) is 16.9. The number of benzene rings is 1. The zero-order chi connectivity index (χ0) is 24.6. The van der Waals surface area contributed by atoms with Gasteiger partial charge in [0.15, 0.2) is 5.58 Å². The number of fused-ring (bicyclic) bond motifs is 3. The maximum Gasteiger partial charge on any atom is 0.271 e. The van der Waals surface area contributed by atoms with Gasteiger partial charge in [0.1, 0.15) is 17.0 Å². The number of aromatic nitrogens is 1. The minimum atomic E-state index is -1.04. The number of amides is 2. The minimum absolute atomic E-state index is 0.0940. The number of hydrogen-bond acceptors (Lipinski definition) is 4. The highest BCUT2D eigenvalue weighted by Gasteiger charge is 2.48. The molecule has 3 atom stereocenters. The maximum atomic E-state index is 13.9. The Morgan fingerprint density at radius 3 is 2.71 bits per heavy atom. The Kier molecular flexibility index (Phi) is 6.34. The molecule has 1 aliphatic heterocycles. The molecule has 0 unspecified atom stereocenters. The summed E-state index contributed by atoms with van der Waals surface area (Å²) in [5, 5.41) is 3.32. The van der Waals surface area contributed by atoms with Crippen LogP contribution in [-0.2, 0) is 17.9 Å². The van der Waals surface area contributed by atoms with Gasteiger partial charge in [-0.15, -0.1) is 0 Å². The summed E-state index contributed by atoms with van der Waals surface area (Å²) in [5.74, 6) is 0.982. The lowest BCUT2D eigenvalue weighted by molar-refractivity contribution is -0.134. The van der Waals surface area contributed by atoms with E-state index in [2.05, 4.69) is 19.2 Å². The van der Waals surface area contributed by atoms with Gasteiger partial charge in [0.25, 0.3) is 5.91 Å². The molecule has 1 N–H and O–H groups in total. The lowest BCUT2D eigenvalue weighted by atomic mass is 9.85. The largest absolute Gasteiger partial charge is 0.494 e. The van der Waals surface area contributed by atoms with Crippen LogP contribution in [0.25, 0.3) is 11.1 Å². The molecule has 0 radical (unpaired) electrons. The predicted molar refractivity (Wildman–Crippen MR) is 134 cm³/mol. The molecule has 1 fully saturated rings. The normalized spacial score (nSPS) is 24.4. The molecule has 2 aromatic heterocycles. The van der Waals surface area contributed by atoms with Crippen molar-refractivity contribution >= 4 is 22.9 Å². The Hall–Kier alpha value is -3.22. The van der Waals surface area contributed by atoms with Gasteiger partial charge in [-0.3, -0.25) is 9.59 Å². The van der Waals surface area contributed by atoms with Gasteiger partial charge in [-0.25, -0.2) is 0 Å². The molecule has 3 heterocycles. The van der Waals surface area contributed by atoms with Crippen LogP contribution in [0.15, 0.2) is 47.1 Å². The Morgan fingerprint density at radius 2 is 1.97 bits per heavy atom. The van der Waals surface area contributed by atoms with Gasteiger partial charge in [0, 0.05) is 24.7 Å². The molecule has 7 nitrogen and oxygen atoms in total. The van der Waals surface area contributed by atoms with E-state index in [-0.39, 0.29) is 17.9 Å². The highest BCUT2D eigenvalue weighted by molar-refractivity contribution is 6.02. The van der Waals surface area contributed by atoms with Crippen LogP contribution in [0.1, 0.15) is 68.9 Å². The summed E-state index contributed by atoms with van der Waals surface area (Å²) in [6, 6.07) is 11.6. The van der Waals surface area contributed by atoms with Crippen molar-refractivity contribution in [2.45, 2.75) is 77.5 Å². The third-order valence-electron chi connectivity index (χ3n) is 7.70. The zero-order valence-electron chi connectivity index (χ0n) is 20.9. The van der Waals surface area contributed by atoms with E-state index in [1.54, 1.807) is 17.2 Å². The Bertz CT molecular complexity index is 1210. The van der Waals surface area contributed by atoms with E-state index < -0.39 is 5.54 Å². The van der Waals surface area contributed by atoms with Gasteiger partial charge in [-0.1, -0.05) is 38.8 Å². The van der Waals surface area contributed by atoms with E-state index in [9.17, 15) is 9.59 Å². The SMILES string of the molecule is CCCOc1ccc(CN2C(=O)c3cc4occc4n3C[C@]2(C)C(=O)N[C@@H]2CCCC[C@H]2C)cc1. The van der Waals surface area contributed by atoms with Crippen molar-refractivity contribution in [3.63, 3.8) is 0 Å². The molecule has 2 amide bonds. The van der Waals surface area contributed by atoms with E-state index in [1.807, 2.05) is 41.8 Å². The van der Waals surface area contributed by atoms with Gasteiger partial charge in [-0.05, 0) is 49.8 Å². The van der Waals surface area contributed by atoms with E-state index in [0.29, 0.717) is 36.9 Å². The molecule has 0 bridgehead atoms. The number of nitrogens with one attached hydrogen (secondary N) is 1. The Labute approximate surface area is 206 Å². The summed E-state index contributed by atoms with van der Waals surface area (Å²) < 4.78 is 13.2. The van der Waals surface area contributed by atoms with Gasteiger partial charge in [0.2, 0.25) is 5.91 Å². The molecule has 1 aliphatic carbocycles. The summed E-state index contributed by atoms with van der Waals surface area (Å²) in [4.78, 5) is 29.5. The maximum absolute atomic E-state index is 13.9. The van der Waals surface area contributed by atoms with Crippen LogP contribution in [0.2, 0.25) is 0 Å². The average molecular weight is 478 g/mol. The van der Waals surface area contributed by atoms with Crippen LogP contribution in [0.4, 0.5) is 0 Å². The summed E-state index contributed by atoms with van der Waals surface area (Å²) in [5.41, 5.74) is 1.98. The van der Waals surface area contributed by atoms with E-state index in [4.69, 9.17) is 9.15 Å². The number of carbonyl (C=O) groups is 2. The van der Waals surface area contributed by atoms with Crippen molar-refractivity contribution in [3.05, 3.63) is 53.9 Å². The second-order valence-electron chi connectivity index (χ2n) is 10.3. The Morgan fingerprint density at radius 1 is 1.20 bits per heavy atom. The monoisotopic (exact) mass is 477 g/mol. The molecular weight excluding hydrogens is 442 g/mol. The molecule has 35 heavy (non-hydrogen) atoms. The number of rotatable bonds is 7. The lowest BCUT2D eigenvalue weighted by Crippen LogP contribution is -2.65. The van der Waals surface area contributed by atoms with Crippen molar-refractivity contribution < 1.29 is 18.7 Å². The van der Waals surface area contributed by atoms with Crippen LogP contribution >= 0.6 is 0 Å². The third kappa shape index (κ3) is 4.32. The zero-order valence-corrected chi connectivity index (χ0v) is 20.9. The summed E-state index contributed by atoms with van der Waals surface area (Å²) >= 11 is 0. The van der Waals surface area contributed by atoms with E-state index in [0.717, 1.165) is 42.5 Å². The number of ether oxygens (including phenoxy) is 1. The summed E-state index contributed by atoms with van der Waals surface area (Å²) in [6.45, 7) is 7.55. The molecule has 2 aliphatic rings. The molecule has 5 rings (SSSR count). The fourth-order valence-corrected chi connectivity index (χ4v) is 5.47. The second kappa shape index (κ2) is 9.44. The highest BCUT2D eigenvalue weighted by atomic mass is 16.5. The molecule has 7 heteroatoms. The third-order valence-corrected chi connectivity index (χ3v) is 7.70. The number of hydrogen-bond donors (Lipinski definition) is 1. The van der Waals surface area contributed by atoms with Crippen molar-refractivity contribution in [2.24, 2.45) is 5.92 Å². The average Bonchev–Trinajstić information content (AvgIpc) is 3.45. The lowest BCUT2D eigenvalue weighted by Gasteiger charge is -2.45. The predicted octanol–water partition coefficient (Wildman–Crippen LogP) is 5.13. The first kappa shape index (κ1) is 23.5. The first-order valence-electron chi connectivity index (χ1n) is 12.8. The van der Waals surface area contributed by atoms with Gasteiger partial charge in [0.05, 0.1) is 24.9 Å². The second-order valence-corrected chi connectivity index (χ2v) is 10.3. The quantitative estimate of drug-likeness (QED) is 0.512. The van der Waals surface area contributed by atoms with Gasteiger partial charge < -0.3 is 23.9 Å². The summed E-state index contributed by atoms with van der Waals surface area (Å²) in [6.07, 6.45) is 7.00. The fourth-order valence-electron chi connectivity index (χ4n) is 5.47. The minimum Gasteiger partial charge on any atom is -0.494 e. The molecular formula is C28H35N3O4. The first-order valence-corrected chi connectivity index (χ1v) is 12.8. The smallest absolute Gasteiger partial charge is 0.271 e. The summed E-state index contributed by atoms with van der Waals surface area (Å²) in [7, 11) is 0. The van der Waals surface area contributed by atoms with Crippen molar-refractivity contribution in [3.8, 4) is 5.75 Å². The highest BCUT2D eigenvalue weighted by Crippen LogP contribution is 2.35. The van der Waals surface area contributed by atoms with Crippen LogP contribution in [0.3, 0.4) is 0 Å². The molecule has 0 saturated heterocycles. The van der Waals surface area contributed by atoms with Gasteiger partial charge in [-0.2, -0.15) is 0 Å². The fraction of sp³-hybridized carbons (Fsp3) is 0.500. The molecule has 3 aromatic rings. The molecule has 1 saturated carbocycles.